The highest BCUT2D eigenvalue weighted by molar-refractivity contribution is 5.96. The predicted molar refractivity (Wildman–Crippen MR) is 93.7 cm³/mol. The van der Waals surface area contributed by atoms with Gasteiger partial charge in [-0.1, -0.05) is 30.3 Å². The highest BCUT2D eigenvalue weighted by atomic mass is 19.1. The average Bonchev–Trinajstić information content (AvgIpc) is 2.96. The van der Waals surface area contributed by atoms with Crippen LogP contribution >= 0.6 is 0 Å². The molecule has 130 valence electrons. The van der Waals surface area contributed by atoms with E-state index in [9.17, 15) is 14.0 Å². The Morgan fingerprint density at radius 3 is 2.52 bits per heavy atom. The van der Waals surface area contributed by atoms with Crippen molar-refractivity contribution in [3.05, 3.63) is 66.0 Å². The molecule has 2 atom stereocenters. The highest BCUT2D eigenvalue weighted by Gasteiger charge is 2.31. The monoisotopic (exact) mass is 341 g/mol. The Hall–Kier alpha value is -2.89. The van der Waals surface area contributed by atoms with Gasteiger partial charge in [-0.2, -0.15) is 0 Å². The first-order valence-electron chi connectivity index (χ1n) is 8.21. The van der Waals surface area contributed by atoms with Gasteiger partial charge in [-0.3, -0.25) is 4.79 Å². The lowest BCUT2D eigenvalue weighted by molar-refractivity contribution is -0.117. The van der Waals surface area contributed by atoms with Crippen LogP contribution in [0.1, 0.15) is 24.9 Å². The first-order chi connectivity index (χ1) is 12.0. The predicted octanol–water partition coefficient (Wildman–Crippen LogP) is 2.99. The molecule has 1 aliphatic heterocycles. The van der Waals surface area contributed by atoms with Crippen molar-refractivity contribution < 1.29 is 14.0 Å². The molecule has 2 aromatic carbocycles. The molecular weight excluding hydrogens is 321 g/mol. The van der Waals surface area contributed by atoms with Crippen LogP contribution in [0.4, 0.5) is 14.9 Å². The van der Waals surface area contributed by atoms with Crippen LogP contribution in [0, 0.1) is 5.82 Å². The summed E-state index contributed by atoms with van der Waals surface area (Å²) in [7, 11) is 0. The van der Waals surface area contributed by atoms with Crippen LogP contribution in [0.5, 0.6) is 0 Å². The molecular formula is C19H20FN3O2. The second-order valence-electron chi connectivity index (χ2n) is 6.13. The van der Waals surface area contributed by atoms with Crippen LogP contribution in [0.25, 0.3) is 0 Å². The lowest BCUT2D eigenvalue weighted by Crippen LogP contribution is -2.44. The summed E-state index contributed by atoms with van der Waals surface area (Å²) in [6.07, 6.45) is 0.227. The molecule has 0 radical (unpaired) electrons. The van der Waals surface area contributed by atoms with E-state index in [-0.39, 0.29) is 36.3 Å². The molecule has 1 fully saturated rings. The third-order valence-corrected chi connectivity index (χ3v) is 4.25. The van der Waals surface area contributed by atoms with Crippen LogP contribution in [-0.2, 0) is 4.79 Å². The third-order valence-electron chi connectivity index (χ3n) is 4.25. The van der Waals surface area contributed by atoms with Gasteiger partial charge >= 0.3 is 6.03 Å². The van der Waals surface area contributed by atoms with Crippen molar-refractivity contribution in [1.82, 2.24) is 10.6 Å². The highest BCUT2D eigenvalue weighted by Crippen LogP contribution is 2.22. The number of carbonyl (C=O) groups excluding carboxylic acids is 2. The first kappa shape index (κ1) is 17.0. The van der Waals surface area contributed by atoms with E-state index in [2.05, 4.69) is 10.6 Å². The number of halogens is 1. The van der Waals surface area contributed by atoms with E-state index in [4.69, 9.17) is 0 Å². The summed E-state index contributed by atoms with van der Waals surface area (Å²) >= 11 is 0. The lowest BCUT2D eigenvalue weighted by Gasteiger charge is -2.19. The minimum atomic E-state index is -0.348. The fraction of sp³-hybridized carbons (Fsp3) is 0.263. The summed E-state index contributed by atoms with van der Waals surface area (Å²) in [5, 5.41) is 5.70. The molecule has 5 nitrogen and oxygen atoms in total. The zero-order valence-electron chi connectivity index (χ0n) is 13.9. The number of hydrogen-bond acceptors (Lipinski definition) is 2. The van der Waals surface area contributed by atoms with Crippen molar-refractivity contribution in [2.24, 2.45) is 0 Å². The number of nitrogens with one attached hydrogen (secondary N) is 2. The first-order valence-corrected chi connectivity index (χ1v) is 8.21. The quantitative estimate of drug-likeness (QED) is 0.898. The summed E-state index contributed by atoms with van der Waals surface area (Å²) in [5.74, 6) is -0.438. The Morgan fingerprint density at radius 2 is 1.84 bits per heavy atom. The molecule has 0 saturated carbocycles. The fourth-order valence-corrected chi connectivity index (χ4v) is 2.92. The molecule has 3 amide bonds. The van der Waals surface area contributed by atoms with Crippen molar-refractivity contribution in [2.75, 3.05) is 11.4 Å². The van der Waals surface area contributed by atoms with Crippen LogP contribution in [0.3, 0.4) is 0 Å². The Bertz CT molecular complexity index is 749. The van der Waals surface area contributed by atoms with Crippen molar-refractivity contribution in [2.45, 2.75) is 25.4 Å². The molecule has 0 spiro atoms. The van der Waals surface area contributed by atoms with Crippen molar-refractivity contribution in [3.8, 4) is 0 Å². The van der Waals surface area contributed by atoms with E-state index in [1.165, 1.54) is 12.1 Å². The number of amides is 3. The number of rotatable bonds is 4. The van der Waals surface area contributed by atoms with Gasteiger partial charge in [-0.15, -0.1) is 0 Å². The summed E-state index contributed by atoms with van der Waals surface area (Å²) in [5.41, 5.74) is 1.64. The molecule has 0 bridgehead atoms. The second kappa shape index (κ2) is 7.34. The summed E-state index contributed by atoms with van der Waals surface area (Å²) in [6.45, 7) is 2.27. The Morgan fingerprint density at radius 1 is 1.16 bits per heavy atom. The summed E-state index contributed by atoms with van der Waals surface area (Å²) in [4.78, 5) is 25.9. The van der Waals surface area contributed by atoms with Crippen LogP contribution in [0.15, 0.2) is 54.6 Å². The standard InChI is InChI=1S/C19H20FN3O2/c1-13(14-5-3-2-4-6-14)21-19(25)22-16-11-18(24)23(12-16)17-9-7-15(20)8-10-17/h2-10,13,16H,11-12H2,1H3,(H2,21,22,25)/t13-,16+/m0/s1. The van der Waals surface area contributed by atoms with E-state index >= 15 is 0 Å². The van der Waals surface area contributed by atoms with Crippen molar-refractivity contribution >= 4 is 17.6 Å². The molecule has 0 aromatic heterocycles. The number of benzene rings is 2. The normalized spacial score (nSPS) is 18.1. The maximum absolute atomic E-state index is 13.0. The molecule has 2 N–H and O–H groups in total. The van der Waals surface area contributed by atoms with E-state index in [1.807, 2.05) is 37.3 Å². The lowest BCUT2D eigenvalue weighted by atomic mass is 10.1. The fourth-order valence-electron chi connectivity index (χ4n) is 2.92. The molecule has 0 aliphatic carbocycles. The summed E-state index contributed by atoms with van der Waals surface area (Å²) < 4.78 is 13.0. The van der Waals surface area contributed by atoms with Gasteiger partial charge in [0, 0.05) is 18.7 Å². The number of carbonyl (C=O) groups is 2. The Labute approximate surface area is 145 Å². The molecule has 1 aliphatic rings. The topological polar surface area (TPSA) is 61.4 Å². The second-order valence-corrected chi connectivity index (χ2v) is 6.13. The Balaban J connectivity index is 1.56. The minimum absolute atomic E-state index is 0.0898. The number of nitrogens with zero attached hydrogens (tertiary/aromatic N) is 1. The zero-order valence-corrected chi connectivity index (χ0v) is 13.9. The minimum Gasteiger partial charge on any atom is -0.333 e. The third kappa shape index (κ3) is 4.15. The van der Waals surface area contributed by atoms with Crippen LogP contribution in [-0.4, -0.2) is 24.5 Å². The van der Waals surface area contributed by atoms with Gasteiger partial charge in [0.15, 0.2) is 0 Å². The molecule has 3 rings (SSSR count). The molecule has 2 aromatic rings. The molecule has 0 unspecified atom stereocenters. The maximum atomic E-state index is 13.0. The van der Waals surface area contributed by atoms with Gasteiger partial charge < -0.3 is 15.5 Å². The number of urea groups is 1. The van der Waals surface area contributed by atoms with Crippen molar-refractivity contribution in [1.29, 1.82) is 0 Å². The largest absolute Gasteiger partial charge is 0.333 e. The van der Waals surface area contributed by atoms with Crippen molar-refractivity contribution in [3.63, 3.8) is 0 Å². The van der Waals surface area contributed by atoms with Gasteiger partial charge in [0.1, 0.15) is 5.82 Å². The van der Waals surface area contributed by atoms with E-state index in [1.54, 1.807) is 17.0 Å². The van der Waals surface area contributed by atoms with Gasteiger partial charge in [0.2, 0.25) is 5.91 Å². The van der Waals surface area contributed by atoms with Gasteiger partial charge in [-0.05, 0) is 36.8 Å². The maximum Gasteiger partial charge on any atom is 0.315 e. The molecule has 6 heteroatoms. The van der Waals surface area contributed by atoms with Gasteiger partial charge in [0.05, 0.1) is 12.1 Å². The van der Waals surface area contributed by atoms with E-state index in [0.29, 0.717) is 12.2 Å². The number of hydrogen-bond donors (Lipinski definition) is 2. The zero-order chi connectivity index (χ0) is 17.8. The molecule has 25 heavy (non-hydrogen) atoms. The smallest absolute Gasteiger partial charge is 0.315 e. The summed E-state index contributed by atoms with van der Waals surface area (Å²) in [6, 6.07) is 14.7. The van der Waals surface area contributed by atoms with E-state index in [0.717, 1.165) is 5.56 Å². The van der Waals surface area contributed by atoms with E-state index < -0.39 is 0 Å². The average molecular weight is 341 g/mol. The molecule has 1 heterocycles. The number of anilines is 1. The van der Waals surface area contributed by atoms with Crippen LogP contribution < -0.4 is 15.5 Å². The SMILES string of the molecule is C[C@H](NC(=O)N[C@@H]1CC(=O)N(c2ccc(F)cc2)C1)c1ccccc1. The van der Waals surface area contributed by atoms with Gasteiger partial charge in [-0.25, -0.2) is 9.18 Å². The Kier molecular flexibility index (Phi) is 4.97. The van der Waals surface area contributed by atoms with Crippen LogP contribution in [0.2, 0.25) is 0 Å². The molecule has 1 saturated heterocycles. The van der Waals surface area contributed by atoms with Gasteiger partial charge in [0.25, 0.3) is 0 Å².